The van der Waals surface area contributed by atoms with Crippen LogP contribution in [0.5, 0.6) is 0 Å². The first-order valence-electron chi connectivity index (χ1n) is 9.67. The van der Waals surface area contributed by atoms with E-state index in [9.17, 15) is 0 Å². The third-order valence-corrected chi connectivity index (χ3v) is 6.86. The lowest BCUT2D eigenvalue weighted by atomic mass is 9.60. The van der Waals surface area contributed by atoms with Gasteiger partial charge in [0.1, 0.15) is 0 Å². The van der Waals surface area contributed by atoms with E-state index >= 15 is 0 Å². The van der Waals surface area contributed by atoms with Gasteiger partial charge in [0.25, 0.3) is 0 Å². The highest BCUT2D eigenvalue weighted by Gasteiger charge is 2.52. The van der Waals surface area contributed by atoms with Gasteiger partial charge < -0.3 is 5.32 Å². The van der Waals surface area contributed by atoms with Crippen molar-refractivity contribution in [3.63, 3.8) is 0 Å². The van der Waals surface area contributed by atoms with E-state index in [-0.39, 0.29) is 17.4 Å². The molecular formula is C24H19Cl3N2. The highest BCUT2D eigenvalue weighted by Crippen LogP contribution is 2.56. The summed E-state index contributed by atoms with van der Waals surface area (Å²) < 4.78 is 0. The third kappa shape index (κ3) is 3.19. The second-order valence-electron chi connectivity index (χ2n) is 7.69. The molecule has 29 heavy (non-hydrogen) atoms. The van der Waals surface area contributed by atoms with E-state index in [1.807, 2.05) is 36.4 Å². The lowest BCUT2D eigenvalue weighted by Crippen LogP contribution is -2.51. The minimum atomic E-state index is -0.337. The summed E-state index contributed by atoms with van der Waals surface area (Å²) >= 11 is 18.8. The summed E-state index contributed by atoms with van der Waals surface area (Å²) in [5.74, 6) is 0.231. The summed E-state index contributed by atoms with van der Waals surface area (Å²) in [6, 6.07) is 22.4. The van der Waals surface area contributed by atoms with Crippen molar-refractivity contribution in [3.8, 4) is 0 Å². The number of rotatable bonds is 2. The van der Waals surface area contributed by atoms with Gasteiger partial charge in [-0.25, -0.2) is 0 Å². The number of hydrogen-bond donors (Lipinski definition) is 1. The van der Waals surface area contributed by atoms with E-state index in [2.05, 4.69) is 41.9 Å². The first-order chi connectivity index (χ1) is 14.1. The van der Waals surface area contributed by atoms with Crippen molar-refractivity contribution >= 4 is 46.7 Å². The Bertz CT molecular complexity index is 1090. The van der Waals surface area contributed by atoms with Crippen LogP contribution in [0.2, 0.25) is 15.1 Å². The molecule has 5 rings (SSSR count). The van der Waals surface area contributed by atoms with Crippen molar-refractivity contribution in [1.82, 2.24) is 5.32 Å². The van der Waals surface area contributed by atoms with E-state index in [0.29, 0.717) is 5.02 Å². The zero-order valence-electron chi connectivity index (χ0n) is 15.6. The van der Waals surface area contributed by atoms with Crippen LogP contribution in [0.4, 0.5) is 5.69 Å². The van der Waals surface area contributed by atoms with Gasteiger partial charge in [-0.3, -0.25) is 4.99 Å². The van der Waals surface area contributed by atoms with Crippen LogP contribution in [-0.2, 0) is 5.41 Å². The minimum Gasteiger partial charge on any atom is -0.309 e. The summed E-state index contributed by atoms with van der Waals surface area (Å²) in [7, 11) is 0. The number of aliphatic imine (C=N–C) groups is 1. The molecule has 3 atom stereocenters. The van der Waals surface area contributed by atoms with Gasteiger partial charge in [0.05, 0.1) is 11.1 Å². The molecule has 2 aliphatic heterocycles. The zero-order chi connectivity index (χ0) is 20.0. The number of nitrogens with one attached hydrogen (secondary N) is 1. The molecular weight excluding hydrogens is 423 g/mol. The standard InChI is InChI=1S/C24H19Cl3N2/c25-17-6-4-15(5-7-17)23-24(14-29-22-13-19(27)8-9-21(22)24)20(10-11-28-23)16-2-1-3-18(26)12-16/h1-9,12-14,20,23,28H,10-11H2/t20-,23+,24-/m0/s1. The van der Waals surface area contributed by atoms with Crippen LogP contribution < -0.4 is 5.32 Å². The van der Waals surface area contributed by atoms with Gasteiger partial charge in [0, 0.05) is 33.2 Å². The fourth-order valence-corrected chi connectivity index (χ4v) is 5.42. The summed E-state index contributed by atoms with van der Waals surface area (Å²) in [6.07, 6.45) is 3.10. The van der Waals surface area contributed by atoms with Crippen LogP contribution in [0.1, 0.15) is 35.1 Å². The number of halogens is 3. The summed E-state index contributed by atoms with van der Waals surface area (Å²) in [4.78, 5) is 4.82. The molecule has 1 fully saturated rings. The van der Waals surface area contributed by atoms with Gasteiger partial charge in [0.15, 0.2) is 0 Å². The van der Waals surface area contributed by atoms with Crippen molar-refractivity contribution in [2.75, 3.05) is 6.54 Å². The molecule has 0 amide bonds. The van der Waals surface area contributed by atoms with Crippen molar-refractivity contribution < 1.29 is 0 Å². The second-order valence-corrected chi connectivity index (χ2v) is 9.00. The number of nitrogens with zero attached hydrogens (tertiary/aromatic N) is 1. The average Bonchev–Trinajstić information content (AvgIpc) is 3.07. The molecule has 3 aromatic carbocycles. The zero-order valence-corrected chi connectivity index (χ0v) is 17.8. The van der Waals surface area contributed by atoms with E-state index in [4.69, 9.17) is 39.8 Å². The van der Waals surface area contributed by atoms with Crippen LogP contribution >= 0.6 is 34.8 Å². The molecule has 0 bridgehead atoms. The van der Waals surface area contributed by atoms with Gasteiger partial charge in [-0.2, -0.15) is 0 Å². The monoisotopic (exact) mass is 440 g/mol. The van der Waals surface area contributed by atoms with Crippen LogP contribution in [-0.4, -0.2) is 12.8 Å². The molecule has 2 aliphatic rings. The Morgan fingerprint density at radius 3 is 2.38 bits per heavy atom. The molecule has 0 unspecified atom stereocenters. The summed E-state index contributed by atoms with van der Waals surface area (Å²) in [5.41, 5.74) is 4.21. The minimum absolute atomic E-state index is 0.0590. The van der Waals surface area contributed by atoms with E-state index in [0.717, 1.165) is 28.7 Å². The van der Waals surface area contributed by atoms with Gasteiger partial charge in [-0.15, -0.1) is 0 Å². The summed E-state index contributed by atoms with van der Waals surface area (Å²) in [6.45, 7) is 0.906. The Labute approximate surface area is 185 Å². The predicted molar refractivity (Wildman–Crippen MR) is 122 cm³/mol. The Balaban J connectivity index is 1.73. The lowest BCUT2D eigenvalue weighted by Gasteiger charge is -2.47. The number of piperidine rings is 1. The third-order valence-electron chi connectivity index (χ3n) is 6.13. The highest BCUT2D eigenvalue weighted by atomic mass is 35.5. The van der Waals surface area contributed by atoms with Crippen molar-refractivity contribution in [2.45, 2.75) is 23.8 Å². The fourth-order valence-electron chi connectivity index (χ4n) is 4.93. The molecule has 0 saturated carbocycles. The second kappa shape index (κ2) is 7.45. The van der Waals surface area contributed by atoms with E-state index in [1.165, 1.54) is 16.7 Å². The molecule has 146 valence electrons. The first kappa shape index (κ1) is 19.1. The molecule has 3 aromatic rings. The number of fused-ring (bicyclic) bond motifs is 2. The maximum Gasteiger partial charge on any atom is 0.0683 e. The quantitative estimate of drug-likeness (QED) is 0.450. The Morgan fingerprint density at radius 2 is 1.59 bits per heavy atom. The smallest absolute Gasteiger partial charge is 0.0683 e. The normalized spacial score (nSPS) is 25.3. The molecule has 2 heterocycles. The molecule has 1 spiro atoms. The van der Waals surface area contributed by atoms with Crippen molar-refractivity contribution in [2.24, 2.45) is 4.99 Å². The largest absolute Gasteiger partial charge is 0.309 e. The van der Waals surface area contributed by atoms with Gasteiger partial charge in [-0.05, 0) is 66.1 Å². The number of benzene rings is 3. The predicted octanol–water partition coefficient (Wildman–Crippen LogP) is 7.12. The molecule has 0 aromatic heterocycles. The lowest BCUT2D eigenvalue weighted by molar-refractivity contribution is 0.270. The molecule has 1 saturated heterocycles. The first-order valence-corrected chi connectivity index (χ1v) is 10.8. The molecule has 0 radical (unpaired) electrons. The Hall–Kier alpha value is -1.84. The van der Waals surface area contributed by atoms with Crippen LogP contribution in [0, 0.1) is 0 Å². The average molecular weight is 442 g/mol. The van der Waals surface area contributed by atoms with Crippen LogP contribution in [0.15, 0.2) is 71.7 Å². The number of hydrogen-bond acceptors (Lipinski definition) is 2. The molecule has 2 nitrogen and oxygen atoms in total. The Kier molecular flexibility index (Phi) is 4.92. The van der Waals surface area contributed by atoms with Crippen molar-refractivity contribution in [3.05, 3.63) is 98.5 Å². The SMILES string of the molecule is Clc1ccc([C@H]2NCC[C@@H](c3cccc(Cl)c3)[C@]23C=Nc2cc(Cl)ccc23)cc1. The van der Waals surface area contributed by atoms with Crippen molar-refractivity contribution in [1.29, 1.82) is 0 Å². The molecule has 0 aliphatic carbocycles. The molecule has 1 N–H and O–H groups in total. The summed E-state index contributed by atoms with van der Waals surface area (Å²) in [5, 5.41) is 5.94. The van der Waals surface area contributed by atoms with E-state index in [1.54, 1.807) is 0 Å². The maximum atomic E-state index is 6.37. The van der Waals surface area contributed by atoms with Gasteiger partial charge in [0.2, 0.25) is 0 Å². The Morgan fingerprint density at radius 1 is 0.828 bits per heavy atom. The van der Waals surface area contributed by atoms with Crippen LogP contribution in [0.25, 0.3) is 0 Å². The highest BCUT2D eigenvalue weighted by molar-refractivity contribution is 6.31. The topological polar surface area (TPSA) is 24.4 Å². The van der Waals surface area contributed by atoms with Crippen LogP contribution in [0.3, 0.4) is 0 Å². The molecule has 5 heteroatoms. The van der Waals surface area contributed by atoms with Gasteiger partial charge >= 0.3 is 0 Å². The van der Waals surface area contributed by atoms with E-state index < -0.39 is 0 Å². The van der Waals surface area contributed by atoms with Gasteiger partial charge in [-0.1, -0.05) is 65.1 Å². The maximum absolute atomic E-state index is 6.37. The fraction of sp³-hybridized carbons (Fsp3) is 0.208.